The molecular weight excluding hydrogens is 339 g/mol. The first-order chi connectivity index (χ1) is 11.9. The molecule has 0 radical (unpaired) electrons. The van der Waals surface area contributed by atoms with Gasteiger partial charge in [-0.05, 0) is 30.3 Å². The Bertz CT molecular complexity index is 842. The second-order valence-electron chi connectivity index (χ2n) is 5.72. The lowest BCUT2D eigenvalue weighted by Gasteiger charge is -2.12. The van der Waals surface area contributed by atoms with Crippen LogP contribution < -0.4 is 4.72 Å². The third kappa shape index (κ3) is 7.48. The summed E-state index contributed by atoms with van der Waals surface area (Å²) in [6.07, 6.45) is 0. The van der Waals surface area contributed by atoms with Gasteiger partial charge in [0.05, 0.1) is 18.8 Å². The van der Waals surface area contributed by atoms with Gasteiger partial charge in [-0.3, -0.25) is 4.90 Å². The number of benzene rings is 2. The Morgan fingerprint density at radius 2 is 1.76 bits per heavy atom. The number of rotatable bonds is 7. The smallest absolute Gasteiger partial charge is 0.216 e. The summed E-state index contributed by atoms with van der Waals surface area (Å²) in [4.78, 5) is 2.05. The van der Waals surface area contributed by atoms with E-state index in [9.17, 15) is 12.8 Å². The second kappa shape index (κ2) is 9.33. The van der Waals surface area contributed by atoms with Crippen molar-refractivity contribution in [3.8, 4) is 11.8 Å². The lowest BCUT2D eigenvalue weighted by Crippen LogP contribution is -2.25. The van der Waals surface area contributed by atoms with Gasteiger partial charge in [-0.1, -0.05) is 54.3 Å². The molecule has 25 heavy (non-hydrogen) atoms. The molecule has 4 nitrogen and oxygen atoms in total. The minimum absolute atomic E-state index is 0.0385. The average molecular weight is 360 g/mol. The SMILES string of the molecule is CN(CC#CCNS(=O)(=O)Cc1cccc(F)c1)Cc1ccccc1. The maximum absolute atomic E-state index is 13.1. The number of nitrogens with zero attached hydrogens (tertiary/aromatic N) is 1. The highest BCUT2D eigenvalue weighted by atomic mass is 32.2. The molecule has 2 aromatic rings. The van der Waals surface area contributed by atoms with Crippen LogP contribution in [0.1, 0.15) is 11.1 Å². The van der Waals surface area contributed by atoms with Crippen LogP contribution in [0.3, 0.4) is 0 Å². The first kappa shape index (κ1) is 19.1. The second-order valence-corrected chi connectivity index (χ2v) is 7.53. The molecule has 2 rings (SSSR count). The summed E-state index contributed by atoms with van der Waals surface area (Å²) in [6, 6.07) is 15.6. The van der Waals surface area contributed by atoms with Gasteiger partial charge < -0.3 is 0 Å². The lowest BCUT2D eigenvalue weighted by molar-refractivity contribution is 0.369. The third-order valence-electron chi connectivity index (χ3n) is 3.40. The van der Waals surface area contributed by atoms with Crippen LogP contribution in [0.2, 0.25) is 0 Å². The fourth-order valence-electron chi connectivity index (χ4n) is 2.25. The van der Waals surface area contributed by atoms with Gasteiger partial charge in [-0.25, -0.2) is 17.5 Å². The van der Waals surface area contributed by atoms with Gasteiger partial charge in [0, 0.05) is 6.54 Å². The van der Waals surface area contributed by atoms with E-state index in [0.717, 1.165) is 6.54 Å². The van der Waals surface area contributed by atoms with E-state index in [1.165, 1.54) is 23.8 Å². The highest BCUT2D eigenvalue weighted by molar-refractivity contribution is 7.88. The van der Waals surface area contributed by atoms with E-state index in [4.69, 9.17) is 0 Å². The fourth-order valence-corrected chi connectivity index (χ4v) is 3.26. The average Bonchev–Trinajstić information content (AvgIpc) is 2.55. The van der Waals surface area contributed by atoms with E-state index in [-0.39, 0.29) is 12.3 Å². The summed E-state index contributed by atoms with van der Waals surface area (Å²) in [5.74, 6) is 5.03. The molecule has 132 valence electrons. The van der Waals surface area contributed by atoms with Crippen LogP contribution in [-0.2, 0) is 22.3 Å². The van der Waals surface area contributed by atoms with Crippen LogP contribution in [0.25, 0.3) is 0 Å². The zero-order valence-electron chi connectivity index (χ0n) is 14.1. The molecule has 0 saturated heterocycles. The molecular formula is C19H21FN2O2S. The van der Waals surface area contributed by atoms with E-state index in [2.05, 4.69) is 16.6 Å². The molecule has 0 aromatic heterocycles. The standard InChI is InChI=1S/C19H21FN2O2S/c1-22(15-17-8-3-2-4-9-17)13-6-5-12-21-25(23,24)16-18-10-7-11-19(20)14-18/h2-4,7-11,14,21H,12-13,15-16H2,1H3. The van der Waals surface area contributed by atoms with Crippen LogP contribution in [0.4, 0.5) is 4.39 Å². The number of halogens is 1. The van der Waals surface area contributed by atoms with Crippen molar-refractivity contribution in [1.29, 1.82) is 0 Å². The molecule has 0 heterocycles. The minimum Gasteiger partial charge on any atom is -0.291 e. The van der Waals surface area contributed by atoms with Gasteiger partial charge >= 0.3 is 0 Å². The number of nitrogens with one attached hydrogen (secondary N) is 1. The molecule has 0 unspecified atom stereocenters. The van der Waals surface area contributed by atoms with Gasteiger partial charge in [-0.2, -0.15) is 0 Å². The summed E-state index contributed by atoms with van der Waals surface area (Å²) in [6.45, 7) is 1.36. The van der Waals surface area contributed by atoms with Gasteiger partial charge in [0.2, 0.25) is 10.0 Å². The van der Waals surface area contributed by atoms with E-state index >= 15 is 0 Å². The monoisotopic (exact) mass is 360 g/mol. The third-order valence-corrected chi connectivity index (χ3v) is 4.69. The van der Waals surface area contributed by atoms with Crippen molar-refractivity contribution in [1.82, 2.24) is 9.62 Å². The largest absolute Gasteiger partial charge is 0.291 e. The summed E-state index contributed by atoms with van der Waals surface area (Å²) < 4.78 is 39.4. The zero-order valence-corrected chi connectivity index (χ0v) is 14.9. The van der Waals surface area contributed by atoms with Gasteiger partial charge in [0.25, 0.3) is 0 Å². The lowest BCUT2D eigenvalue weighted by atomic mass is 10.2. The number of hydrogen-bond donors (Lipinski definition) is 1. The van der Waals surface area contributed by atoms with Crippen LogP contribution in [-0.4, -0.2) is 33.5 Å². The van der Waals surface area contributed by atoms with E-state index in [1.807, 2.05) is 42.3 Å². The molecule has 0 bridgehead atoms. The molecule has 0 spiro atoms. The first-order valence-electron chi connectivity index (χ1n) is 7.84. The number of sulfonamides is 1. The molecule has 0 amide bonds. The van der Waals surface area contributed by atoms with Crippen molar-refractivity contribution in [2.45, 2.75) is 12.3 Å². The molecule has 0 saturated carbocycles. The van der Waals surface area contributed by atoms with Gasteiger partial charge in [-0.15, -0.1) is 0 Å². The van der Waals surface area contributed by atoms with Crippen molar-refractivity contribution < 1.29 is 12.8 Å². The van der Waals surface area contributed by atoms with Crippen molar-refractivity contribution in [3.63, 3.8) is 0 Å². The van der Waals surface area contributed by atoms with Crippen molar-refractivity contribution in [2.75, 3.05) is 20.1 Å². The Morgan fingerprint density at radius 1 is 1.04 bits per heavy atom. The van der Waals surface area contributed by atoms with E-state index < -0.39 is 15.8 Å². The predicted molar refractivity (Wildman–Crippen MR) is 97.6 cm³/mol. The predicted octanol–water partition coefficient (Wildman–Crippen LogP) is 2.38. The molecule has 0 aliphatic carbocycles. The van der Waals surface area contributed by atoms with Crippen molar-refractivity contribution in [3.05, 3.63) is 71.5 Å². The maximum Gasteiger partial charge on any atom is 0.216 e. The van der Waals surface area contributed by atoms with Crippen LogP contribution >= 0.6 is 0 Å². The Morgan fingerprint density at radius 3 is 2.48 bits per heavy atom. The maximum atomic E-state index is 13.1. The Balaban J connectivity index is 1.75. The molecule has 0 aliphatic rings. The van der Waals surface area contributed by atoms with E-state index in [0.29, 0.717) is 12.1 Å². The van der Waals surface area contributed by atoms with Crippen molar-refractivity contribution in [2.24, 2.45) is 0 Å². The minimum atomic E-state index is -3.53. The topological polar surface area (TPSA) is 49.4 Å². The fraction of sp³-hybridized carbons (Fsp3) is 0.263. The van der Waals surface area contributed by atoms with Crippen molar-refractivity contribution >= 4 is 10.0 Å². The molecule has 0 aliphatic heterocycles. The normalized spacial score (nSPS) is 11.2. The van der Waals surface area contributed by atoms with Crippen LogP contribution in [0.15, 0.2) is 54.6 Å². The molecule has 0 fully saturated rings. The molecule has 1 N–H and O–H groups in total. The Hall–Kier alpha value is -2.20. The Kier molecular flexibility index (Phi) is 7.14. The highest BCUT2D eigenvalue weighted by Crippen LogP contribution is 2.07. The van der Waals surface area contributed by atoms with Gasteiger partial charge in [0.1, 0.15) is 5.82 Å². The summed E-state index contributed by atoms with van der Waals surface area (Å²) in [5.41, 5.74) is 1.60. The van der Waals surface area contributed by atoms with Crippen LogP contribution in [0, 0.1) is 17.7 Å². The molecule has 6 heteroatoms. The van der Waals surface area contributed by atoms with E-state index in [1.54, 1.807) is 6.07 Å². The molecule has 2 aromatic carbocycles. The first-order valence-corrected chi connectivity index (χ1v) is 9.50. The summed E-state index contributed by atoms with van der Waals surface area (Å²) in [7, 11) is -1.58. The van der Waals surface area contributed by atoms with Gasteiger partial charge in [0.15, 0.2) is 0 Å². The van der Waals surface area contributed by atoms with Crippen LogP contribution in [0.5, 0.6) is 0 Å². The number of hydrogen-bond acceptors (Lipinski definition) is 3. The summed E-state index contributed by atoms with van der Waals surface area (Å²) >= 11 is 0. The summed E-state index contributed by atoms with van der Waals surface area (Å²) in [5, 5.41) is 0. The zero-order chi connectivity index (χ0) is 18.1. The highest BCUT2D eigenvalue weighted by Gasteiger charge is 2.10. The quantitative estimate of drug-likeness (QED) is 0.772. The Labute approximate surface area is 148 Å². The molecule has 0 atom stereocenters.